The lowest BCUT2D eigenvalue weighted by molar-refractivity contribution is 0.102. The van der Waals surface area contributed by atoms with Crippen molar-refractivity contribution in [3.8, 4) is 16.8 Å². The number of rotatable bonds is 6. The first-order valence-electron chi connectivity index (χ1n) is 9.99. The van der Waals surface area contributed by atoms with E-state index in [1.54, 1.807) is 6.33 Å². The molecule has 4 nitrogen and oxygen atoms in total. The van der Waals surface area contributed by atoms with Crippen molar-refractivity contribution < 1.29 is 4.79 Å². The van der Waals surface area contributed by atoms with Gasteiger partial charge in [0, 0.05) is 23.0 Å². The third kappa shape index (κ3) is 3.88. The fourth-order valence-corrected chi connectivity index (χ4v) is 4.51. The van der Waals surface area contributed by atoms with Crippen LogP contribution < -0.4 is 0 Å². The van der Waals surface area contributed by atoms with E-state index < -0.39 is 0 Å². The Morgan fingerprint density at radius 2 is 1.45 bits per heavy atom. The Kier molecular flexibility index (Phi) is 5.33. The minimum Gasteiger partial charge on any atom is -0.301 e. The van der Waals surface area contributed by atoms with Gasteiger partial charge in [0.05, 0.1) is 11.1 Å². The van der Waals surface area contributed by atoms with E-state index in [1.165, 1.54) is 11.8 Å². The molecule has 2 aromatic heterocycles. The first-order valence-corrected chi connectivity index (χ1v) is 11.0. The van der Waals surface area contributed by atoms with Crippen molar-refractivity contribution in [2.45, 2.75) is 5.03 Å². The largest absolute Gasteiger partial charge is 0.301 e. The summed E-state index contributed by atoms with van der Waals surface area (Å²) in [6.07, 6.45) is 3.68. The molecule has 0 fully saturated rings. The Hall–Kier alpha value is -3.70. The first kappa shape index (κ1) is 19.3. The Balaban J connectivity index is 1.61. The minimum atomic E-state index is 0.0844. The predicted octanol–water partition coefficient (Wildman–Crippen LogP) is 6.06. The van der Waals surface area contributed by atoms with E-state index in [1.807, 2.05) is 66.7 Å². The number of benzene rings is 3. The monoisotopic (exact) mass is 421 g/mol. The number of fused-ring (bicyclic) bond motifs is 1. The summed E-state index contributed by atoms with van der Waals surface area (Å²) < 4.78 is 2.09. The van der Waals surface area contributed by atoms with E-state index in [2.05, 4.69) is 45.0 Å². The highest BCUT2D eigenvalue weighted by Gasteiger charge is 2.18. The molecule has 0 spiro atoms. The zero-order valence-electron chi connectivity index (χ0n) is 16.7. The number of Topliss-reactive ketones (excluding diaryl/α,β-unsaturated/α-hetero) is 1. The summed E-state index contributed by atoms with van der Waals surface area (Å²) in [5.41, 5.74) is 4.72. The first-order chi connectivity index (χ1) is 15.3. The highest BCUT2D eigenvalue weighted by molar-refractivity contribution is 8.00. The summed E-state index contributed by atoms with van der Waals surface area (Å²) in [5, 5.41) is 1.77. The summed E-state index contributed by atoms with van der Waals surface area (Å²) in [7, 11) is 0. The molecule has 5 heteroatoms. The number of carbonyl (C=O) groups excluding carboxylic acids is 1. The van der Waals surface area contributed by atoms with Gasteiger partial charge in [0.1, 0.15) is 17.0 Å². The van der Waals surface area contributed by atoms with E-state index in [0.29, 0.717) is 11.3 Å². The molecule has 5 rings (SSSR count). The van der Waals surface area contributed by atoms with Crippen LogP contribution in [-0.2, 0) is 0 Å². The molecule has 0 aliphatic rings. The molecule has 31 heavy (non-hydrogen) atoms. The molecule has 5 aromatic rings. The number of thioether (sulfide) groups is 1. The van der Waals surface area contributed by atoms with E-state index in [9.17, 15) is 4.79 Å². The normalized spacial score (nSPS) is 11.0. The van der Waals surface area contributed by atoms with Crippen molar-refractivity contribution in [2.75, 3.05) is 5.75 Å². The average molecular weight is 422 g/mol. The van der Waals surface area contributed by atoms with Crippen LogP contribution in [0.3, 0.4) is 0 Å². The maximum Gasteiger partial charge on any atom is 0.173 e. The number of hydrogen-bond acceptors (Lipinski definition) is 4. The van der Waals surface area contributed by atoms with Gasteiger partial charge in [-0.25, -0.2) is 9.97 Å². The predicted molar refractivity (Wildman–Crippen MR) is 126 cm³/mol. The molecule has 0 saturated heterocycles. The van der Waals surface area contributed by atoms with Crippen molar-refractivity contribution in [1.82, 2.24) is 14.5 Å². The highest BCUT2D eigenvalue weighted by Crippen LogP contribution is 2.36. The smallest absolute Gasteiger partial charge is 0.173 e. The van der Waals surface area contributed by atoms with Crippen LogP contribution in [-0.4, -0.2) is 26.1 Å². The van der Waals surface area contributed by atoms with Crippen LogP contribution in [0.25, 0.3) is 27.8 Å². The SMILES string of the molecule is O=C(CSc1ncnc2c1c(-c1ccccc1)cn2-c1ccccc1)c1ccccc1. The van der Waals surface area contributed by atoms with Crippen molar-refractivity contribution in [3.05, 3.63) is 109 Å². The number of hydrogen-bond donors (Lipinski definition) is 0. The van der Waals surface area contributed by atoms with Crippen LogP contribution in [0.5, 0.6) is 0 Å². The molecule has 150 valence electrons. The number of aromatic nitrogens is 3. The Labute approximate surface area is 184 Å². The average Bonchev–Trinajstić information content (AvgIpc) is 3.24. The molecule has 2 heterocycles. The number of ketones is 1. The van der Waals surface area contributed by atoms with E-state index in [-0.39, 0.29) is 5.78 Å². The van der Waals surface area contributed by atoms with Gasteiger partial charge in [-0.1, -0.05) is 90.6 Å². The summed E-state index contributed by atoms with van der Waals surface area (Å²) >= 11 is 1.46. The Bertz CT molecular complexity index is 1330. The van der Waals surface area contributed by atoms with Crippen molar-refractivity contribution in [3.63, 3.8) is 0 Å². The van der Waals surface area contributed by atoms with E-state index in [4.69, 9.17) is 0 Å². The van der Waals surface area contributed by atoms with Gasteiger partial charge in [-0.2, -0.15) is 0 Å². The van der Waals surface area contributed by atoms with Crippen LogP contribution in [0.15, 0.2) is 109 Å². The minimum absolute atomic E-state index is 0.0844. The molecule has 3 aromatic carbocycles. The fraction of sp³-hybridized carbons (Fsp3) is 0.0385. The molecular weight excluding hydrogens is 402 g/mol. The lowest BCUT2D eigenvalue weighted by Crippen LogP contribution is -2.02. The Morgan fingerprint density at radius 1 is 0.806 bits per heavy atom. The number of nitrogens with zero attached hydrogens (tertiary/aromatic N) is 3. The van der Waals surface area contributed by atoms with Crippen LogP contribution in [0, 0.1) is 0 Å². The molecule has 0 amide bonds. The van der Waals surface area contributed by atoms with Gasteiger partial charge < -0.3 is 4.57 Å². The lowest BCUT2D eigenvalue weighted by atomic mass is 10.1. The van der Waals surface area contributed by atoms with Gasteiger partial charge in [-0.15, -0.1) is 0 Å². The van der Waals surface area contributed by atoms with Crippen molar-refractivity contribution in [2.24, 2.45) is 0 Å². The summed E-state index contributed by atoms with van der Waals surface area (Å²) in [5.74, 6) is 0.405. The summed E-state index contributed by atoms with van der Waals surface area (Å²) in [6.45, 7) is 0. The van der Waals surface area contributed by atoms with Crippen molar-refractivity contribution in [1.29, 1.82) is 0 Å². The third-order valence-corrected chi connectivity index (χ3v) is 6.09. The fourth-order valence-electron chi connectivity index (χ4n) is 3.61. The molecule has 0 unspecified atom stereocenters. The summed E-state index contributed by atoms with van der Waals surface area (Å²) in [4.78, 5) is 21.8. The van der Waals surface area contributed by atoms with Crippen LogP contribution in [0.1, 0.15) is 10.4 Å². The van der Waals surface area contributed by atoms with Gasteiger partial charge >= 0.3 is 0 Å². The second-order valence-electron chi connectivity index (χ2n) is 7.07. The van der Waals surface area contributed by atoms with Crippen LogP contribution in [0.2, 0.25) is 0 Å². The summed E-state index contributed by atoms with van der Waals surface area (Å²) in [6, 6.07) is 29.7. The van der Waals surface area contributed by atoms with Gasteiger partial charge in [0.25, 0.3) is 0 Å². The maximum atomic E-state index is 12.7. The molecule has 0 bridgehead atoms. The molecule has 0 saturated carbocycles. The molecule has 0 aliphatic carbocycles. The van der Waals surface area contributed by atoms with Crippen LogP contribution in [0.4, 0.5) is 0 Å². The topological polar surface area (TPSA) is 47.8 Å². The number of para-hydroxylation sites is 1. The quantitative estimate of drug-likeness (QED) is 0.190. The highest BCUT2D eigenvalue weighted by atomic mass is 32.2. The number of carbonyl (C=O) groups is 1. The van der Waals surface area contributed by atoms with Gasteiger partial charge in [-0.3, -0.25) is 4.79 Å². The second-order valence-corrected chi connectivity index (χ2v) is 8.03. The van der Waals surface area contributed by atoms with E-state index in [0.717, 1.165) is 32.9 Å². The lowest BCUT2D eigenvalue weighted by Gasteiger charge is -2.06. The van der Waals surface area contributed by atoms with Crippen LogP contribution >= 0.6 is 11.8 Å². The molecule has 0 N–H and O–H groups in total. The van der Waals surface area contributed by atoms with E-state index >= 15 is 0 Å². The molecule has 0 radical (unpaired) electrons. The second kappa shape index (κ2) is 8.58. The molecule has 0 aliphatic heterocycles. The standard InChI is InChI=1S/C26H19N3OS/c30-23(20-12-6-2-7-13-20)17-31-26-24-22(19-10-4-1-5-11-19)16-29(25(24)27-18-28-26)21-14-8-3-9-15-21/h1-16,18H,17H2. The van der Waals surface area contributed by atoms with Gasteiger partial charge in [0.15, 0.2) is 5.78 Å². The van der Waals surface area contributed by atoms with Gasteiger partial charge in [0.2, 0.25) is 0 Å². The zero-order valence-corrected chi connectivity index (χ0v) is 17.5. The third-order valence-electron chi connectivity index (χ3n) is 5.10. The zero-order chi connectivity index (χ0) is 21.0. The molecular formula is C26H19N3OS. The van der Waals surface area contributed by atoms with Gasteiger partial charge in [-0.05, 0) is 17.7 Å². The van der Waals surface area contributed by atoms with Crippen molar-refractivity contribution >= 4 is 28.6 Å². The maximum absolute atomic E-state index is 12.7. The Morgan fingerprint density at radius 3 is 2.16 bits per heavy atom. The molecule has 0 atom stereocenters.